The van der Waals surface area contributed by atoms with Crippen LogP contribution in [0.2, 0.25) is 0 Å². The van der Waals surface area contributed by atoms with E-state index in [1.54, 1.807) is 21.0 Å². The molecule has 0 aliphatic carbocycles. The lowest BCUT2D eigenvalue weighted by Crippen LogP contribution is -2.22. The minimum Gasteiger partial charge on any atom is -0.497 e. The number of hydrogen-bond acceptors (Lipinski definition) is 2. The SMILES string of the molecule is COc1ccc(CC=CCC(C)(C)C(=O)O)cc1. The van der Waals surface area contributed by atoms with Crippen molar-refractivity contribution in [2.24, 2.45) is 5.41 Å². The Morgan fingerprint density at radius 2 is 1.89 bits per heavy atom. The Balaban J connectivity index is 2.47. The molecule has 0 saturated carbocycles. The van der Waals surface area contributed by atoms with Crippen molar-refractivity contribution in [2.45, 2.75) is 26.7 Å². The van der Waals surface area contributed by atoms with Gasteiger partial charge in [-0.1, -0.05) is 24.3 Å². The Morgan fingerprint density at radius 3 is 2.39 bits per heavy atom. The molecule has 98 valence electrons. The summed E-state index contributed by atoms with van der Waals surface area (Å²) in [6, 6.07) is 7.85. The minimum absolute atomic E-state index is 0.540. The summed E-state index contributed by atoms with van der Waals surface area (Å²) in [6.07, 6.45) is 5.28. The summed E-state index contributed by atoms with van der Waals surface area (Å²) in [5, 5.41) is 8.97. The molecule has 3 heteroatoms. The molecule has 0 amide bonds. The first-order valence-corrected chi connectivity index (χ1v) is 5.97. The number of rotatable bonds is 6. The topological polar surface area (TPSA) is 46.5 Å². The van der Waals surface area contributed by atoms with Crippen LogP contribution >= 0.6 is 0 Å². The van der Waals surface area contributed by atoms with Gasteiger partial charge in [-0.15, -0.1) is 0 Å². The van der Waals surface area contributed by atoms with Crippen LogP contribution in [0.3, 0.4) is 0 Å². The maximum absolute atomic E-state index is 10.9. The molecule has 0 fully saturated rings. The van der Waals surface area contributed by atoms with E-state index >= 15 is 0 Å². The summed E-state index contributed by atoms with van der Waals surface area (Å²) in [6.45, 7) is 3.46. The summed E-state index contributed by atoms with van der Waals surface area (Å²) in [4.78, 5) is 10.9. The van der Waals surface area contributed by atoms with Crippen LogP contribution in [0.15, 0.2) is 36.4 Å². The minimum atomic E-state index is -0.767. The van der Waals surface area contributed by atoms with Gasteiger partial charge in [-0.25, -0.2) is 0 Å². The highest BCUT2D eigenvalue weighted by Crippen LogP contribution is 2.21. The monoisotopic (exact) mass is 248 g/mol. The zero-order valence-electron chi connectivity index (χ0n) is 11.1. The van der Waals surface area contributed by atoms with Crippen LogP contribution < -0.4 is 4.74 Å². The van der Waals surface area contributed by atoms with Crippen molar-refractivity contribution in [3.05, 3.63) is 42.0 Å². The lowest BCUT2D eigenvalue weighted by Gasteiger charge is -2.15. The molecule has 0 atom stereocenters. The molecule has 3 nitrogen and oxygen atoms in total. The van der Waals surface area contributed by atoms with Gasteiger partial charge >= 0.3 is 5.97 Å². The van der Waals surface area contributed by atoms with Gasteiger partial charge in [0.2, 0.25) is 0 Å². The summed E-state index contributed by atoms with van der Waals surface area (Å²) in [7, 11) is 1.64. The van der Waals surface area contributed by atoms with Gasteiger partial charge in [-0.3, -0.25) is 4.79 Å². The van der Waals surface area contributed by atoms with E-state index in [9.17, 15) is 4.79 Å². The van der Waals surface area contributed by atoms with Gasteiger partial charge in [0.25, 0.3) is 0 Å². The predicted molar refractivity (Wildman–Crippen MR) is 71.9 cm³/mol. The van der Waals surface area contributed by atoms with E-state index in [-0.39, 0.29) is 0 Å². The van der Waals surface area contributed by atoms with Gasteiger partial charge in [0.1, 0.15) is 5.75 Å². The first-order chi connectivity index (χ1) is 8.45. The fourth-order valence-corrected chi connectivity index (χ4v) is 1.45. The highest BCUT2D eigenvalue weighted by Gasteiger charge is 2.24. The molecule has 0 unspecified atom stereocenters. The van der Waals surface area contributed by atoms with E-state index in [0.29, 0.717) is 6.42 Å². The number of aliphatic carboxylic acids is 1. The van der Waals surface area contributed by atoms with Crippen molar-refractivity contribution in [2.75, 3.05) is 7.11 Å². The maximum Gasteiger partial charge on any atom is 0.309 e. The van der Waals surface area contributed by atoms with Crippen molar-refractivity contribution in [3.63, 3.8) is 0 Å². The van der Waals surface area contributed by atoms with Crippen LogP contribution in [0.5, 0.6) is 5.75 Å². The van der Waals surface area contributed by atoms with Crippen molar-refractivity contribution in [3.8, 4) is 5.75 Å². The van der Waals surface area contributed by atoms with Crippen molar-refractivity contribution < 1.29 is 14.6 Å². The maximum atomic E-state index is 10.9. The third-order valence-electron chi connectivity index (χ3n) is 2.89. The van der Waals surface area contributed by atoms with E-state index in [2.05, 4.69) is 0 Å². The molecular formula is C15H20O3. The Kier molecular flexibility index (Phi) is 4.95. The highest BCUT2D eigenvalue weighted by molar-refractivity contribution is 5.73. The normalized spacial score (nSPS) is 11.7. The molecule has 0 aliphatic rings. The van der Waals surface area contributed by atoms with Gasteiger partial charge in [0, 0.05) is 0 Å². The Hall–Kier alpha value is -1.77. The standard InChI is InChI=1S/C15H20O3/c1-15(2,14(16)17)11-5-4-6-12-7-9-13(18-3)10-8-12/h4-5,7-10H,6,11H2,1-3H3,(H,16,17). The van der Waals surface area contributed by atoms with E-state index in [1.165, 1.54) is 5.56 Å². The summed E-state index contributed by atoms with van der Waals surface area (Å²) >= 11 is 0. The van der Waals surface area contributed by atoms with Crippen molar-refractivity contribution in [1.82, 2.24) is 0 Å². The lowest BCUT2D eigenvalue weighted by atomic mass is 9.89. The Morgan fingerprint density at radius 1 is 1.28 bits per heavy atom. The molecule has 18 heavy (non-hydrogen) atoms. The van der Waals surface area contributed by atoms with Gasteiger partial charge < -0.3 is 9.84 Å². The molecule has 0 saturated heterocycles. The van der Waals surface area contributed by atoms with Crippen LogP contribution in [-0.2, 0) is 11.2 Å². The van der Waals surface area contributed by atoms with Crippen LogP contribution in [0.1, 0.15) is 25.8 Å². The first kappa shape index (κ1) is 14.3. The second-order valence-electron chi connectivity index (χ2n) is 4.92. The third-order valence-corrected chi connectivity index (χ3v) is 2.89. The van der Waals surface area contributed by atoms with Crippen molar-refractivity contribution in [1.29, 1.82) is 0 Å². The molecule has 0 aliphatic heterocycles. The highest BCUT2D eigenvalue weighted by atomic mass is 16.5. The molecule has 0 bridgehead atoms. The number of methoxy groups -OCH3 is 1. The number of hydrogen-bond donors (Lipinski definition) is 1. The first-order valence-electron chi connectivity index (χ1n) is 5.97. The molecule has 0 spiro atoms. The molecule has 0 aromatic heterocycles. The number of carboxylic acid groups (broad SMARTS) is 1. The zero-order valence-corrected chi connectivity index (χ0v) is 11.1. The average molecular weight is 248 g/mol. The van der Waals surface area contributed by atoms with E-state index in [0.717, 1.165) is 12.2 Å². The van der Waals surface area contributed by atoms with Crippen LogP contribution in [0.25, 0.3) is 0 Å². The quantitative estimate of drug-likeness (QED) is 0.786. The van der Waals surface area contributed by atoms with Crippen molar-refractivity contribution >= 4 is 5.97 Å². The largest absolute Gasteiger partial charge is 0.497 e. The number of carbonyl (C=O) groups is 1. The summed E-state index contributed by atoms with van der Waals surface area (Å²) in [5.41, 5.74) is 0.483. The molecule has 1 aromatic rings. The molecule has 0 radical (unpaired) electrons. The molecule has 1 N–H and O–H groups in total. The Bertz CT molecular complexity index is 416. The van der Waals surface area contributed by atoms with Crippen LogP contribution in [0, 0.1) is 5.41 Å². The van der Waals surface area contributed by atoms with Gasteiger partial charge in [0.15, 0.2) is 0 Å². The smallest absolute Gasteiger partial charge is 0.309 e. The van der Waals surface area contributed by atoms with Gasteiger partial charge in [0.05, 0.1) is 12.5 Å². The lowest BCUT2D eigenvalue weighted by molar-refractivity contribution is -0.146. The van der Waals surface area contributed by atoms with Gasteiger partial charge in [-0.2, -0.15) is 0 Å². The zero-order chi connectivity index (χ0) is 13.6. The number of allylic oxidation sites excluding steroid dienone is 2. The average Bonchev–Trinajstić information content (AvgIpc) is 2.35. The van der Waals surface area contributed by atoms with E-state index in [4.69, 9.17) is 9.84 Å². The van der Waals surface area contributed by atoms with Crippen LogP contribution in [0.4, 0.5) is 0 Å². The number of carboxylic acids is 1. The van der Waals surface area contributed by atoms with E-state index in [1.807, 2.05) is 36.4 Å². The third kappa shape index (κ3) is 4.24. The summed E-state index contributed by atoms with van der Waals surface area (Å²) in [5.74, 6) is 0.0753. The van der Waals surface area contributed by atoms with E-state index < -0.39 is 11.4 Å². The number of ether oxygens (including phenoxy) is 1. The second kappa shape index (κ2) is 6.24. The second-order valence-corrected chi connectivity index (χ2v) is 4.92. The fraction of sp³-hybridized carbons (Fsp3) is 0.400. The summed E-state index contributed by atoms with van der Waals surface area (Å²) < 4.78 is 5.08. The molecular weight excluding hydrogens is 228 g/mol. The molecule has 1 aromatic carbocycles. The number of benzene rings is 1. The van der Waals surface area contributed by atoms with Gasteiger partial charge in [-0.05, 0) is 44.4 Å². The van der Waals surface area contributed by atoms with Crippen LogP contribution in [-0.4, -0.2) is 18.2 Å². The molecule has 0 heterocycles. The Labute approximate surface area is 108 Å². The molecule has 1 rings (SSSR count). The fourth-order valence-electron chi connectivity index (χ4n) is 1.45. The predicted octanol–water partition coefficient (Wildman–Crippen LogP) is 3.29.